The number of H-pyrrole nitrogens is 2. The Morgan fingerprint density at radius 3 is 2.89 bits per heavy atom. The van der Waals surface area contributed by atoms with Crippen molar-refractivity contribution in [3.8, 4) is 11.4 Å². The van der Waals surface area contributed by atoms with Crippen LogP contribution in [0.5, 0.6) is 0 Å². The second-order valence-corrected chi connectivity index (χ2v) is 4.02. The first-order valence-corrected chi connectivity index (χ1v) is 5.41. The molecular weight excluding hydrogens is 232 g/mol. The molecule has 3 heterocycles. The number of nitrogens with one attached hydrogen (secondary N) is 2. The van der Waals surface area contributed by atoms with Crippen molar-refractivity contribution >= 4 is 11.9 Å². The number of fused-ring (bicyclic) bond motifs is 1. The molecule has 0 fully saturated rings. The van der Waals surface area contributed by atoms with Gasteiger partial charge in [0.25, 0.3) is 0 Å². The van der Waals surface area contributed by atoms with Crippen LogP contribution in [-0.2, 0) is 0 Å². The van der Waals surface area contributed by atoms with Gasteiger partial charge in [0.1, 0.15) is 11.3 Å². The minimum atomic E-state index is -0.268. The molecule has 0 aromatic carbocycles. The number of nitrogens with zero attached hydrogens (tertiary/aromatic N) is 2. The average molecular weight is 242 g/mol. The van der Waals surface area contributed by atoms with Gasteiger partial charge in [0, 0.05) is 18.1 Å². The van der Waals surface area contributed by atoms with Gasteiger partial charge < -0.3 is 14.4 Å². The second kappa shape index (κ2) is 3.69. The Bertz CT molecular complexity index is 794. The van der Waals surface area contributed by atoms with Crippen molar-refractivity contribution in [2.75, 3.05) is 0 Å². The predicted molar refractivity (Wildman–Crippen MR) is 65.7 cm³/mol. The first-order chi connectivity index (χ1) is 8.69. The van der Waals surface area contributed by atoms with Crippen LogP contribution < -0.4 is 5.69 Å². The first kappa shape index (κ1) is 10.5. The molecular formula is C12H10N4O2. The summed E-state index contributed by atoms with van der Waals surface area (Å²) in [6, 6.07) is 3.47. The lowest BCUT2D eigenvalue weighted by Crippen LogP contribution is -2.00. The van der Waals surface area contributed by atoms with E-state index >= 15 is 0 Å². The van der Waals surface area contributed by atoms with Gasteiger partial charge in [-0.1, -0.05) is 0 Å². The maximum absolute atomic E-state index is 11.2. The molecule has 0 aliphatic rings. The smallest absolute Gasteiger partial charge is 0.310 e. The number of aromatic nitrogens is 4. The van der Waals surface area contributed by atoms with Crippen molar-refractivity contribution < 1.29 is 4.79 Å². The van der Waals surface area contributed by atoms with Gasteiger partial charge in [0.15, 0.2) is 6.29 Å². The van der Waals surface area contributed by atoms with Crippen LogP contribution in [-0.4, -0.2) is 25.6 Å². The van der Waals surface area contributed by atoms with E-state index in [1.807, 2.05) is 0 Å². The minimum Gasteiger partial charge on any atom is -0.310 e. The number of aryl methyl sites for hydroxylation is 1. The largest absolute Gasteiger partial charge is 0.323 e. The van der Waals surface area contributed by atoms with Gasteiger partial charge in [-0.2, -0.15) is 0 Å². The molecule has 0 bridgehead atoms. The Balaban J connectivity index is 2.28. The lowest BCUT2D eigenvalue weighted by Gasteiger charge is -1.93. The molecule has 18 heavy (non-hydrogen) atoms. The number of rotatable bonds is 2. The van der Waals surface area contributed by atoms with Crippen LogP contribution in [0.25, 0.3) is 17.0 Å². The molecule has 90 valence electrons. The van der Waals surface area contributed by atoms with E-state index in [9.17, 15) is 9.59 Å². The minimum absolute atomic E-state index is 0.268. The maximum atomic E-state index is 11.2. The molecule has 0 unspecified atom stereocenters. The number of imidazole rings is 2. The molecule has 0 saturated carbocycles. The van der Waals surface area contributed by atoms with Crippen molar-refractivity contribution in [2.24, 2.45) is 0 Å². The highest BCUT2D eigenvalue weighted by molar-refractivity contribution is 5.84. The van der Waals surface area contributed by atoms with E-state index < -0.39 is 0 Å². The van der Waals surface area contributed by atoms with E-state index in [1.165, 1.54) is 0 Å². The fraction of sp³-hybridized carbons (Fsp3) is 0.0833. The highest BCUT2D eigenvalue weighted by Gasteiger charge is 2.11. The zero-order valence-electron chi connectivity index (χ0n) is 9.60. The van der Waals surface area contributed by atoms with Crippen molar-refractivity contribution in [3.63, 3.8) is 0 Å². The normalized spacial score (nSPS) is 10.9. The number of aldehydes is 1. The van der Waals surface area contributed by atoms with Crippen molar-refractivity contribution in [3.05, 3.63) is 46.3 Å². The summed E-state index contributed by atoms with van der Waals surface area (Å²) in [5, 5.41) is 0. The standard InChI is InChI=1S/C12H10N4O2/c1-7-10(15-12(18)13-7)9-5-16-4-2-3-8(6-17)11(16)14-9/h2-6H,1H3,(H2,13,15,18). The molecule has 6 nitrogen and oxygen atoms in total. The van der Waals surface area contributed by atoms with Gasteiger partial charge >= 0.3 is 5.69 Å². The Hall–Kier alpha value is -2.63. The molecule has 0 atom stereocenters. The molecule has 0 radical (unpaired) electrons. The Kier molecular flexibility index (Phi) is 2.16. The van der Waals surface area contributed by atoms with Crippen LogP contribution >= 0.6 is 0 Å². The van der Waals surface area contributed by atoms with Crippen molar-refractivity contribution in [1.29, 1.82) is 0 Å². The molecule has 6 heteroatoms. The van der Waals surface area contributed by atoms with Crippen LogP contribution in [0, 0.1) is 6.92 Å². The van der Waals surface area contributed by atoms with Gasteiger partial charge in [-0.15, -0.1) is 0 Å². The number of hydrogen-bond donors (Lipinski definition) is 2. The molecule has 0 aliphatic heterocycles. The summed E-state index contributed by atoms with van der Waals surface area (Å²) >= 11 is 0. The zero-order valence-corrected chi connectivity index (χ0v) is 9.60. The maximum Gasteiger partial charge on any atom is 0.323 e. The monoisotopic (exact) mass is 242 g/mol. The third kappa shape index (κ3) is 1.46. The summed E-state index contributed by atoms with van der Waals surface area (Å²) < 4.78 is 1.75. The van der Waals surface area contributed by atoms with Crippen LogP contribution in [0.1, 0.15) is 16.1 Å². The van der Waals surface area contributed by atoms with E-state index in [4.69, 9.17) is 0 Å². The van der Waals surface area contributed by atoms with Gasteiger partial charge in [0.2, 0.25) is 0 Å². The molecule has 0 spiro atoms. The Labute approximate surface area is 101 Å². The number of pyridine rings is 1. The summed E-state index contributed by atoms with van der Waals surface area (Å²) in [5.74, 6) is 0. The van der Waals surface area contributed by atoms with Crippen LogP contribution in [0.15, 0.2) is 29.3 Å². The summed E-state index contributed by atoms with van der Waals surface area (Å²) in [6.45, 7) is 1.79. The van der Waals surface area contributed by atoms with Gasteiger partial charge in [0.05, 0.1) is 11.3 Å². The van der Waals surface area contributed by atoms with Gasteiger partial charge in [-0.3, -0.25) is 4.79 Å². The van der Waals surface area contributed by atoms with E-state index in [2.05, 4.69) is 15.0 Å². The average Bonchev–Trinajstić information content (AvgIpc) is 2.91. The number of aromatic amines is 2. The quantitative estimate of drug-likeness (QED) is 0.661. The molecule has 3 aromatic heterocycles. The third-order valence-electron chi connectivity index (χ3n) is 2.81. The molecule has 2 N–H and O–H groups in total. The van der Waals surface area contributed by atoms with Crippen LogP contribution in [0.2, 0.25) is 0 Å². The number of carbonyl (C=O) groups excluding carboxylic acids is 1. The van der Waals surface area contributed by atoms with E-state index in [-0.39, 0.29) is 5.69 Å². The summed E-state index contributed by atoms with van der Waals surface area (Å²) in [4.78, 5) is 31.8. The topological polar surface area (TPSA) is 83.0 Å². The first-order valence-electron chi connectivity index (χ1n) is 5.41. The predicted octanol–water partition coefficient (Wildman–Crippen LogP) is 1.14. The van der Waals surface area contributed by atoms with E-state index in [0.717, 1.165) is 12.0 Å². The number of carbonyl (C=O) groups is 1. The third-order valence-corrected chi connectivity index (χ3v) is 2.81. The second-order valence-electron chi connectivity index (χ2n) is 4.02. The summed E-state index contributed by atoms with van der Waals surface area (Å²) in [5.41, 5.74) is 2.80. The molecule has 0 amide bonds. The highest BCUT2D eigenvalue weighted by Crippen LogP contribution is 2.19. The molecule has 3 aromatic rings. The number of hydrogen-bond acceptors (Lipinski definition) is 3. The fourth-order valence-electron chi connectivity index (χ4n) is 1.97. The zero-order chi connectivity index (χ0) is 12.7. The van der Waals surface area contributed by atoms with Crippen molar-refractivity contribution in [2.45, 2.75) is 6.92 Å². The lowest BCUT2D eigenvalue weighted by atomic mass is 10.3. The fourth-order valence-corrected chi connectivity index (χ4v) is 1.97. The molecule has 0 aliphatic carbocycles. The Morgan fingerprint density at radius 1 is 1.39 bits per heavy atom. The molecule has 3 rings (SSSR count). The van der Waals surface area contributed by atoms with Crippen LogP contribution in [0.3, 0.4) is 0 Å². The van der Waals surface area contributed by atoms with E-state index in [1.54, 1.807) is 35.9 Å². The molecule has 0 saturated heterocycles. The van der Waals surface area contributed by atoms with Crippen molar-refractivity contribution in [1.82, 2.24) is 19.4 Å². The SMILES string of the molecule is Cc1[nH]c(=O)[nH]c1-c1cn2cccc(C=O)c2n1. The van der Waals surface area contributed by atoms with Gasteiger partial charge in [-0.25, -0.2) is 9.78 Å². The Morgan fingerprint density at radius 2 is 2.22 bits per heavy atom. The van der Waals surface area contributed by atoms with E-state index in [0.29, 0.717) is 22.6 Å². The lowest BCUT2D eigenvalue weighted by molar-refractivity contribution is 0.112. The van der Waals surface area contributed by atoms with Crippen LogP contribution in [0.4, 0.5) is 0 Å². The highest BCUT2D eigenvalue weighted by atomic mass is 16.1. The van der Waals surface area contributed by atoms with Gasteiger partial charge in [-0.05, 0) is 19.1 Å². The summed E-state index contributed by atoms with van der Waals surface area (Å²) in [6.07, 6.45) is 4.34. The summed E-state index contributed by atoms with van der Waals surface area (Å²) in [7, 11) is 0.